The molecule has 0 saturated carbocycles. The van der Waals surface area contributed by atoms with Gasteiger partial charge in [-0.3, -0.25) is 0 Å². The van der Waals surface area contributed by atoms with Crippen molar-refractivity contribution in [1.82, 2.24) is 15.5 Å². The van der Waals surface area contributed by atoms with Crippen LogP contribution in [0.3, 0.4) is 0 Å². The van der Waals surface area contributed by atoms with Gasteiger partial charge in [0.05, 0.1) is 0 Å². The molecule has 1 atom stereocenters. The molecular weight excluding hydrogens is 269 g/mol. The summed E-state index contributed by atoms with van der Waals surface area (Å²) < 4.78 is 18.7. The number of benzene rings is 1. The van der Waals surface area contributed by atoms with Gasteiger partial charge in [-0.2, -0.15) is 4.98 Å². The number of nitrogens with zero attached hydrogens (tertiary/aromatic N) is 2. The first-order valence-electron chi connectivity index (χ1n) is 7.07. The summed E-state index contributed by atoms with van der Waals surface area (Å²) in [4.78, 5) is 4.38. The Kier molecular flexibility index (Phi) is 4.42. The zero-order valence-corrected chi connectivity index (χ0v) is 13.2. The van der Waals surface area contributed by atoms with Gasteiger partial charge in [0.2, 0.25) is 11.7 Å². The molecule has 0 fully saturated rings. The van der Waals surface area contributed by atoms with Gasteiger partial charge in [0.25, 0.3) is 0 Å². The Morgan fingerprint density at radius 2 is 2.00 bits per heavy atom. The van der Waals surface area contributed by atoms with Crippen LogP contribution < -0.4 is 5.32 Å². The molecule has 21 heavy (non-hydrogen) atoms. The fourth-order valence-corrected chi connectivity index (χ4v) is 2.34. The van der Waals surface area contributed by atoms with Crippen LogP contribution in [0, 0.1) is 18.2 Å². The van der Waals surface area contributed by atoms with E-state index in [-0.39, 0.29) is 17.3 Å². The third kappa shape index (κ3) is 3.88. The molecule has 4 nitrogen and oxygen atoms in total. The maximum absolute atomic E-state index is 13.4. The first kappa shape index (κ1) is 15.6. The molecule has 0 amide bonds. The third-order valence-electron chi connectivity index (χ3n) is 3.54. The van der Waals surface area contributed by atoms with Crippen molar-refractivity contribution in [3.05, 3.63) is 35.5 Å². The summed E-state index contributed by atoms with van der Waals surface area (Å²) in [5, 5.41) is 7.23. The molecule has 1 aromatic carbocycles. The van der Waals surface area contributed by atoms with E-state index < -0.39 is 0 Å². The topological polar surface area (TPSA) is 51.0 Å². The Bertz CT molecular complexity index is 596. The largest absolute Gasteiger partial charge is 0.339 e. The highest BCUT2D eigenvalue weighted by molar-refractivity contribution is 5.55. The van der Waals surface area contributed by atoms with E-state index in [9.17, 15) is 4.39 Å². The number of hydrogen-bond acceptors (Lipinski definition) is 4. The maximum Gasteiger partial charge on any atom is 0.228 e. The molecule has 114 valence electrons. The monoisotopic (exact) mass is 291 g/mol. The van der Waals surface area contributed by atoms with Crippen LogP contribution in [0.2, 0.25) is 0 Å². The summed E-state index contributed by atoms with van der Waals surface area (Å²) in [6.07, 6.45) is 0.640. The highest BCUT2D eigenvalue weighted by Gasteiger charge is 2.25. The Balaban J connectivity index is 2.21. The molecule has 5 heteroatoms. The lowest BCUT2D eigenvalue weighted by atomic mass is 9.85. The first-order valence-corrected chi connectivity index (χ1v) is 7.07. The van der Waals surface area contributed by atoms with Crippen molar-refractivity contribution in [1.29, 1.82) is 0 Å². The van der Waals surface area contributed by atoms with E-state index in [0.717, 1.165) is 5.56 Å². The summed E-state index contributed by atoms with van der Waals surface area (Å²) in [5.74, 6) is 0.691. The van der Waals surface area contributed by atoms with Gasteiger partial charge >= 0.3 is 0 Å². The number of likely N-dealkylation sites (N-methyl/N-ethyl adjacent to an activating group) is 1. The highest BCUT2D eigenvalue weighted by atomic mass is 19.1. The Morgan fingerprint density at radius 1 is 1.29 bits per heavy atom. The molecule has 0 aliphatic rings. The van der Waals surface area contributed by atoms with Gasteiger partial charge < -0.3 is 9.84 Å². The predicted octanol–water partition coefficient (Wildman–Crippen LogP) is 3.36. The summed E-state index contributed by atoms with van der Waals surface area (Å²) in [7, 11) is 1.92. The maximum atomic E-state index is 13.4. The fraction of sp³-hybridized carbons (Fsp3) is 0.500. The zero-order valence-electron chi connectivity index (χ0n) is 13.2. The molecule has 1 N–H and O–H groups in total. The third-order valence-corrected chi connectivity index (χ3v) is 3.54. The van der Waals surface area contributed by atoms with E-state index in [1.807, 2.05) is 20.0 Å². The molecule has 1 heterocycles. The summed E-state index contributed by atoms with van der Waals surface area (Å²) in [6, 6.07) is 4.96. The van der Waals surface area contributed by atoms with Crippen molar-refractivity contribution in [2.45, 2.75) is 40.2 Å². The molecule has 1 aromatic heterocycles. The number of hydrogen-bond donors (Lipinski definition) is 1. The van der Waals surface area contributed by atoms with Gasteiger partial charge in [-0.25, -0.2) is 4.39 Å². The van der Waals surface area contributed by atoms with Crippen molar-refractivity contribution >= 4 is 0 Å². The van der Waals surface area contributed by atoms with Gasteiger partial charge in [0.1, 0.15) is 5.82 Å². The molecule has 0 aliphatic carbocycles. The van der Waals surface area contributed by atoms with E-state index in [1.54, 1.807) is 0 Å². The van der Waals surface area contributed by atoms with Crippen LogP contribution in [0.15, 0.2) is 22.7 Å². The van der Waals surface area contributed by atoms with Crippen molar-refractivity contribution in [2.75, 3.05) is 7.05 Å². The minimum Gasteiger partial charge on any atom is -0.339 e. The van der Waals surface area contributed by atoms with Gasteiger partial charge in [0.15, 0.2) is 0 Å². The van der Waals surface area contributed by atoms with Crippen molar-refractivity contribution in [3.8, 4) is 11.4 Å². The summed E-state index contributed by atoms with van der Waals surface area (Å²) in [5.41, 5.74) is 1.55. The van der Waals surface area contributed by atoms with Gasteiger partial charge in [-0.15, -0.1) is 0 Å². The minimum atomic E-state index is -0.292. The molecule has 0 radical (unpaired) electrons. The van der Waals surface area contributed by atoms with E-state index in [4.69, 9.17) is 4.52 Å². The second-order valence-electron chi connectivity index (χ2n) is 6.44. The van der Waals surface area contributed by atoms with Crippen molar-refractivity contribution < 1.29 is 8.91 Å². The molecule has 2 rings (SSSR count). The second kappa shape index (κ2) is 5.93. The fourth-order valence-electron chi connectivity index (χ4n) is 2.34. The lowest BCUT2D eigenvalue weighted by molar-refractivity contribution is 0.255. The molecule has 1 unspecified atom stereocenters. The molecule has 0 bridgehead atoms. The van der Waals surface area contributed by atoms with E-state index in [0.29, 0.717) is 23.7 Å². The summed E-state index contributed by atoms with van der Waals surface area (Å²) in [6.45, 7) is 8.30. The Morgan fingerprint density at radius 3 is 2.57 bits per heavy atom. The lowest BCUT2D eigenvalue weighted by Crippen LogP contribution is -2.39. The van der Waals surface area contributed by atoms with Crippen LogP contribution in [0.1, 0.15) is 32.2 Å². The average molecular weight is 291 g/mol. The van der Waals surface area contributed by atoms with Gasteiger partial charge in [-0.05, 0) is 43.1 Å². The SMILES string of the molecule is CNC(Cc1nc(-c2cc(C)cc(F)c2)no1)C(C)(C)C. The quantitative estimate of drug-likeness (QED) is 0.938. The standard InChI is InChI=1S/C16H22FN3O/c1-10-6-11(8-12(17)7-10)15-19-14(21-20-15)9-13(18-5)16(2,3)4/h6-8,13,18H,9H2,1-5H3. The number of aromatic nitrogens is 2. The molecular formula is C16H22FN3O. The molecule has 0 saturated heterocycles. The molecule has 0 aliphatic heterocycles. The van der Waals surface area contributed by atoms with Crippen LogP contribution in [-0.4, -0.2) is 23.2 Å². The highest BCUT2D eigenvalue weighted by Crippen LogP contribution is 2.24. The van der Waals surface area contributed by atoms with Crippen LogP contribution in [0.4, 0.5) is 4.39 Å². The first-order chi connectivity index (χ1) is 9.79. The van der Waals surface area contributed by atoms with Crippen LogP contribution in [0.5, 0.6) is 0 Å². The normalized spacial score (nSPS) is 13.4. The van der Waals surface area contributed by atoms with E-state index >= 15 is 0 Å². The van der Waals surface area contributed by atoms with Crippen molar-refractivity contribution in [3.63, 3.8) is 0 Å². The van der Waals surface area contributed by atoms with E-state index in [2.05, 4.69) is 36.2 Å². The van der Waals surface area contributed by atoms with Gasteiger partial charge in [-0.1, -0.05) is 25.9 Å². The number of aryl methyl sites for hydroxylation is 1. The van der Waals surface area contributed by atoms with Crippen LogP contribution in [0.25, 0.3) is 11.4 Å². The molecule has 0 spiro atoms. The van der Waals surface area contributed by atoms with E-state index in [1.165, 1.54) is 12.1 Å². The lowest BCUT2D eigenvalue weighted by Gasteiger charge is -2.29. The Hall–Kier alpha value is -1.75. The Labute approximate surface area is 124 Å². The summed E-state index contributed by atoms with van der Waals surface area (Å²) >= 11 is 0. The number of halogens is 1. The smallest absolute Gasteiger partial charge is 0.228 e. The van der Waals surface area contributed by atoms with Crippen LogP contribution >= 0.6 is 0 Å². The average Bonchev–Trinajstić information content (AvgIpc) is 2.81. The number of rotatable bonds is 4. The zero-order chi connectivity index (χ0) is 15.6. The van der Waals surface area contributed by atoms with Gasteiger partial charge in [0, 0.05) is 18.0 Å². The minimum absolute atomic E-state index is 0.0822. The molecule has 2 aromatic rings. The number of nitrogens with one attached hydrogen (secondary N) is 1. The van der Waals surface area contributed by atoms with Crippen LogP contribution in [-0.2, 0) is 6.42 Å². The predicted molar refractivity (Wildman–Crippen MR) is 80.4 cm³/mol. The second-order valence-corrected chi connectivity index (χ2v) is 6.44. The van der Waals surface area contributed by atoms with Crippen molar-refractivity contribution in [2.24, 2.45) is 5.41 Å².